The van der Waals surface area contributed by atoms with Gasteiger partial charge >= 0.3 is 0 Å². The Labute approximate surface area is 201 Å². The van der Waals surface area contributed by atoms with E-state index >= 15 is 0 Å². The SMILES string of the molecule is C1=Cc2cccc(-c3ccc4oc5ccc(Oc6ccccn6)cc5c4c3)c2Nc2ncccc21. The number of aromatic nitrogens is 2. The second-order valence-electron chi connectivity index (χ2n) is 8.41. The molecule has 6 aromatic rings. The van der Waals surface area contributed by atoms with Crippen molar-refractivity contribution in [2.24, 2.45) is 0 Å². The van der Waals surface area contributed by atoms with E-state index in [1.54, 1.807) is 6.20 Å². The van der Waals surface area contributed by atoms with E-state index in [1.807, 2.05) is 54.7 Å². The molecule has 0 aliphatic carbocycles. The largest absolute Gasteiger partial charge is 0.456 e. The molecule has 1 aliphatic rings. The van der Waals surface area contributed by atoms with Gasteiger partial charge < -0.3 is 14.5 Å². The Morgan fingerprint density at radius 1 is 0.686 bits per heavy atom. The van der Waals surface area contributed by atoms with Crippen molar-refractivity contribution in [3.05, 3.63) is 108 Å². The Kier molecular flexibility index (Phi) is 4.39. The first-order valence-electron chi connectivity index (χ1n) is 11.4. The van der Waals surface area contributed by atoms with Gasteiger partial charge in [-0.2, -0.15) is 0 Å². The van der Waals surface area contributed by atoms with Gasteiger partial charge in [-0.05, 0) is 59.7 Å². The number of hydrogen-bond donors (Lipinski definition) is 1. The number of anilines is 2. The van der Waals surface area contributed by atoms with Crippen LogP contribution in [0.4, 0.5) is 11.5 Å². The van der Waals surface area contributed by atoms with Crippen LogP contribution in [0.1, 0.15) is 11.1 Å². The number of fused-ring (bicyclic) bond motifs is 5. The third-order valence-corrected chi connectivity index (χ3v) is 6.23. The highest BCUT2D eigenvalue weighted by molar-refractivity contribution is 6.07. The zero-order valence-corrected chi connectivity index (χ0v) is 18.6. The fourth-order valence-corrected chi connectivity index (χ4v) is 4.56. The van der Waals surface area contributed by atoms with Gasteiger partial charge in [-0.15, -0.1) is 0 Å². The number of pyridine rings is 2. The summed E-state index contributed by atoms with van der Waals surface area (Å²) in [6.45, 7) is 0. The molecule has 5 nitrogen and oxygen atoms in total. The lowest BCUT2D eigenvalue weighted by molar-refractivity contribution is 0.463. The van der Waals surface area contributed by atoms with Crippen LogP contribution in [0.5, 0.6) is 11.6 Å². The van der Waals surface area contributed by atoms with E-state index in [2.05, 4.69) is 63.8 Å². The smallest absolute Gasteiger partial charge is 0.219 e. The first kappa shape index (κ1) is 19.6. The molecule has 3 aromatic carbocycles. The highest BCUT2D eigenvalue weighted by atomic mass is 16.5. The van der Waals surface area contributed by atoms with E-state index in [0.717, 1.165) is 55.7 Å². The molecule has 0 saturated carbocycles. The molecule has 3 aromatic heterocycles. The van der Waals surface area contributed by atoms with Gasteiger partial charge in [0, 0.05) is 40.4 Å². The predicted molar refractivity (Wildman–Crippen MR) is 140 cm³/mol. The topological polar surface area (TPSA) is 60.2 Å². The Morgan fingerprint density at radius 3 is 2.43 bits per heavy atom. The minimum Gasteiger partial charge on any atom is -0.456 e. The lowest BCUT2D eigenvalue weighted by Gasteiger charge is -2.14. The van der Waals surface area contributed by atoms with Crippen molar-refractivity contribution in [3.8, 4) is 22.8 Å². The molecule has 0 bridgehead atoms. The average molecular weight is 454 g/mol. The summed E-state index contributed by atoms with van der Waals surface area (Å²) in [5.41, 5.74) is 7.05. The summed E-state index contributed by atoms with van der Waals surface area (Å²) in [7, 11) is 0. The van der Waals surface area contributed by atoms with Crippen molar-refractivity contribution < 1.29 is 9.15 Å². The zero-order valence-electron chi connectivity index (χ0n) is 18.6. The lowest BCUT2D eigenvalue weighted by atomic mass is 9.98. The molecule has 0 atom stereocenters. The molecule has 35 heavy (non-hydrogen) atoms. The number of nitrogens with one attached hydrogen (secondary N) is 1. The van der Waals surface area contributed by atoms with Crippen LogP contribution >= 0.6 is 0 Å². The van der Waals surface area contributed by atoms with Gasteiger partial charge in [-0.25, -0.2) is 9.97 Å². The van der Waals surface area contributed by atoms with Crippen LogP contribution in [-0.4, -0.2) is 9.97 Å². The van der Waals surface area contributed by atoms with E-state index in [4.69, 9.17) is 9.15 Å². The van der Waals surface area contributed by atoms with Crippen molar-refractivity contribution >= 4 is 45.6 Å². The number of furan rings is 1. The molecule has 0 amide bonds. The second kappa shape index (κ2) is 7.85. The number of nitrogens with zero attached hydrogens (tertiary/aromatic N) is 2. The van der Waals surface area contributed by atoms with Crippen LogP contribution in [0, 0.1) is 0 Å². The van der Waals surface area contributed by atoms with Crippen molar-refractivity contribution in [3.63, 3.8) is 0 Å². The molecule has 166 valence electrons. The van der Waals surface area contributed by atoms with Crippen LogP contribution in [0.2, 0.25) is 0 Å². The first-order chi connectivity index (χ1) is 17.3. The quantitative estimate of drug-likeness (QED) is 0.293. The van der Waals surface area contributed by atoms with E-state index in [-0.39, 0.29) is 0 Å². The number of para-hydroxylation sites is 1. The van der Waals surface area contributed by atoms with Crippen LogP contribution in [-0.2, 0) is 0 Å². The Hall–Kier alpha value is -4.90. The highest BCUT2D eigenvalue weighted by Gasteiger charge is 2.16. The third-order valence-electron chi connectivity index (χ3n) is 6.23. The molecular weight excluding hydrogens is 434 g/mol. The fourth-order valence-electron chi connectivity index (χ4n) is 4.56. The minimum absolute atomic E-state index is 0.556. The van der Waals surface area contributed by atoms with Crippen molar-refractivity contribution in [1.29, 1.82) is 0 Å². The summed E-state index contributed by atoms with van der Waals surface area (Å²) in [6.07, 6.45) is 7.75. The molecule has 5 heteroatoms. The molecule has 7 rings (SSSR count). The Balaban J connectivity index is 1.35. The average Bonchev–Trinajstić information content (AvgIpc) is 3.14. The number of hydrogen-bond acceptors (Lipinski definition) is 5. The summed E-state index contributed by atoms with van der Waals surface area (Å²) >= 11 is 0. The normalized spacial score (nSPS) is 12.1. The van der Waals surface area contributed by atoms with Gasteiger partial charge in [0.05, 0.1) is 5.69 Å². The minimum atomic E-state index is 0.556. The molecule has 0 saturated heterocycles. The number of rotatable bonds is 3. The molecule has 0 radical (unpaired) electrons. The summed E-state index contributed by atoms with van der Waals surface area (Å²) in [6, 6.07) is 28.1. The molecule has 0 spiro atoms. The standard InChI is InChI=1S/C30H19N3O2/c1-2-15-31-28(8-1)34-22-12-14-27-25(18-22)24-17-21(11-13-26(24)35-27)23-7-3-5-19-9-10-20-6-4-16-32-30(20)33-29(19)23/h1-18H,(H,32,33). The van der Waals surface area contributed by atoms with E-state index < -0.39 is 0 Å². The van der Waals surface area contributed by atoms with Gasteiger partial charge in [0.25, 0.3) is 0 Å². The predicted octanol–water partition coefficient (Wildman–Crippen LogP) is 8.06. The van der Waals surface area contributed by atoms with Crippen LogP contribution in [0.25, 0.3) is 45.2 Å². The highest BCUT2D eigenvalue weighted by Crippen LogP contribution is 2.40. The van der Waals surface area contributed by atoms with Gasteiger partial charge in [-0.1, -0.05) is 42.5 Å². The van der Waals surface area contributed by atoms with Crippen LogP contribution < -0.4 is 10.1 Å². The van der Waals surface area contributed by atoms with Gasteiger partial charge in [0.2, 0.25) is 5.88 Å². The molecule has 0 fully saturated rings. The molecule has 1 N–H and O–H groups in total. The van der Waals surface area contributed by atoms with Gasteiger partial charge in [0.1, 0.15) is 22.7 Å². The summed E-state index contributed by atoms with van der Waals surface area (Å²) < 4.78 is 12.1. The fraction of sp³-hybridized carbons (Fsp3) is 0. The summed E-state index contributed by atoms with van der Waals surface area (Å²) in [5, 5.41) is 5.59. The molecular formula is C30H19N3O2. The summed E-state index contributed by atoms with van der Waals surface area (Å²) in [5.74, 6) is 2.12. The van der Waals surface area contributed by atoms with Gasteiger partial charge in [-0.3, -0.25) is 0 Å². The first-order valence-corrected chi connectivity index (χ1v) is 11.4. The van der Waals surface area contributed by atoms with E-state index in [9.17, 15) is 0 Å². The Morgan fingerprint density at radius 2 is 1.51 bits per heavy atom. The van der Waals surface area contributed by atoms with Crippen LogP contribution in [0.15, 0.2) is 102 Å². The van der Waals surface area contributed by atoms with Gasteiger partial charge in [0.15, 0.2) is 0 Å². The number of ether oxygens (including phenoxy) is 1. The maximum atomic E-state index is 6.12. The molecule has 4 heterocycles. The second-order valence-corrected chi connectivity index (χ2v) is 8.41. The lowest BCUT2D eigenvalue weighted by Crippen LogP contribution is -1.98. The molecule has 0 unspecified atom stereocenters. The van der Waals surface area contributed by atoms with Crippen molar-refractivity contribution in [2.75, 3.05) is 5.32 Å². The Bertz CT molecular complexity index is 1750. The van der Waals surface area contributed by atoms with E-state index in [0.29, 0.717) is 11.6 Å². The molecule has 1 aliphatic heterocycles. The van der Waals surface area contributed by atoms with Crippen LogP contribution in [0.3, 0.4) is 0 Å². The zero-order chi connectivity index (χ0) is 23.2. The maximum absolute atomic E-state index is 6.12. The third kappa shape index (κ3) is 3.42. The van der Waals surface area contributed by atoms with Crippen molar-refractivity contribution in [2.45, 2.75) is 0 Å². The summed E-state index contributed by atoms with van der Waals surface area (Å²) in [4.78, 5) is 8.80. The number of benzene rings is 3. The monoisotopic (exact) mass is 453 g/mol. The van der Waals surface area contributed by atoms with Crippen molar-refractivity contribution in [1.82, 2.24) is 9.97 Å². The maximum Gasteiger partial charge on any atom is 0.219 e. The van der Waals surface area contributed by atoms with E-state index in [1.165, 1.54) is 0 Å².